The molecule has 1 amide bonds. The average Bonchev–Trinajstić information content (AvgIpc) is 3.32. The van der Waals surface area contributed by atoms with E-state index in [9.17, 15) is 13.2 Å². The van der Waals surface area contributed by atoms with Crippen LogP contribution in [0.15, 0.2) is 71.9 Å². The third-order valence-electron chi connectivity index (χ3n) is 6.28. The normalized spacial score (nSPS) is 15.9. The summed E-state index contributed by atoms with van der Waals surface area (Å²) in [6, 6.07) is 16.7. The number of hydrogen-bond donors (Lipinski definition) is 1. The fraction of sp³-hybridized carbons (Fsp3) is 0.385. The maximum atomic E-state index is 13.1. The highest BCUT2D eigenvalue weighted by Gasteiger charge is 2.32. The first-order valence-corrected chi connectivity index (χ1v) is 13.0. The number of sulfonamides is 1. The number of hydrogen-bond acceptors (Lipinski definition) is 4. The Hall–Kier alpha value is -2.97. The van der Waals surface area contributed by atoms with Crippen LogP contribution < -0.4 is 5.32 Å². The molecule has 0 bridgehead atoms. The smallest absolute Gasteiger partial charge is 0.243 e. The number of carbonyl (C=O) groups excluding carboxylic acids is 1. The van der Waals surface area contributed by atoms with E-state index in [0.717, 1.165) is 16.8 Å². The third kappa shape index (κ3) is 5.56. The topological polar surface area (TPSA) is 84.3 Å². The highest BCUT2D eigenvalue weighted by molar-refractivity contribution is 7.89. The van der Waals surface area contributed by atoms with Crippen LogP contribution >= 0.6 is 0 Å². The highest BCUT2D eigenvalue weighted by atomic mass is 32.2. The molecule has 1 aromatic heterocycles. The summed E-state index contributed by atoms with van der Waals surface area (Å²) < 4.78 is 29.5. The molecule has 0 saturated carbocycles. The van der Waals surface area contributed by atoms with Gasteiger partial charge in [0, 0.05) is 37.1 Å². The van der Waals surface area contributed by atoms with E-state index in [4.69, 9.17) is 0 Å². The molecule has 1 aliphatic heterocycles. The van der Waals surface area contributed by atoms with E-state index < -0.39 is 10.0 Å². The summed E-state index contributed by atoms with van der Waals surface area (Å²) in [4.78, 5) is 13.2. The van der Waals surface area contributed by atoms with Crippen LogP contribution in [0.2, 0.25) is 0 Å². The zero-order valence-electron chi connectivity index (χ0n) is 19.9. The van der Waals surface area contributed by atoms with Gasteiger partial charge in [-0.1, -0.05) is 45.0 Å². The second-order valence-electron chi connectivity index (χ2n) is 9.85. The number of anilines is 1. The molecule has 8 heteroatoms. The van der Waals surface area contributed by atoms with Crippen molar-refractivity contribution in [2.75, 3.05) is 18.4 Å². The van der Waals surface area contributed by atoms with Crippen molar-refractivity contribution in [2.45, 2.75) is 50.5 Å². The van der Waals surface area contributed by atoms with Crippen molar-refractivity contribution in [1.29, 1.82) is 0 Å². The maximum Gasteiger partial charge on any atom is 0.243 e. The quantitative estimate of drug-likeness (QED) is 0.571. The second kappa shape index (κ2) is 9.72. The maximum absolute atomic E-state index is 13.1. The Morgan fingerprint density at radius 3 is 2.38 bits per heavy atom. The van der Waals surface area contributed by atoms with Gasteiger partial charge in [-0.25, -0.2) is 8.42 Å². The molecule has 4 rings (SSSR count). The van der Waals surface area contributed by atoms with Gasteiger partial charge in [-0.05, 0) is 59.7 Å². The number of nitrogens with one attached hydrogen (secondary N) is 1. The van der Waals surface area contributed by atoms with Gasteiger partial charge in [0.15, 0.2) is 0 Å². The lowest BCUT2D eigenvalue weighted by Gasteiger charge is -2.30. The number of benzene rings is 2. The van der Waals surface area contributed by atoms with E-state index in [0.29, 0.717) is 37.4 Å². The number of piperidine rings is 1. The van der Waals surface area contributed by atoms with E-state index >= 15 is 0 Å². The lowest BCUT2D eigenvalue weighted by molar-refractivity contribution is -0.120. The minimum atomic E-state index is -3.57. The molecule has 0 atom stereocenters. The summed E-state index contributed by atoms with van der Waals surface area (Å²) in [7, 11) is -3.57. The molecule has 0 aliphatic carbocycles. The van der Waals surface area contributed by atoms with E-state index in [1.807, 2.05) is 53.3 Å². The Labute approximate surface area is 201 Å². The molecule has 1 N–H and O–H groups in total. The number of rotatable bonds is 6. The van der Waals surface area contributed by atoms with Crippen LogP contribution in [-0.4, -0.2) is 41.5 Å². The van der Waals surface area contributed by atoms with Gasteiger partial charge in [-0.3, -0.25) is 9.48 Å². The number of aromatic nitrogens is 2. The first kappa shape index (κ1) is 24.2. The minimum Gasteiger partial charge on any atom is -0.326 e. The predicted octanol–water partition coefficient (Wildman–Crippen LogP) is 4.27. The molecule has 0 radical (unpaired) electrons. The first-order chi connectivity index (χ1) is 16.1. The molecule has 1 fully saturated rings. The van der Waals surface area contributed by atoms with Gasteiger partial charge in [0.25, 0.3) is 0 Å². The molecule has 0 spiro atoms. The predicted molar refractivity (Wildman–Crippen MR) is 133 cm³/mol. The summed E-state index contributed by atoms with van der Waals surface area (Å²) in [5.74, 6) is -0.285. The monoisotopic (exact) mass is 480 g/mol. The Kier molecular flexibility index (Phi) is 6.91. The van der Waals surface area contributed by atoms with Gasteiger partial charge < -0.3 is 5.32 Å². The van der Waals surface area contributed by atoms with Crippen molar-refractivity contribution >= 4 is 21.6 Å². The lowest BCUT2D eigenvalue weighted by atomic mass is 9.87. The van der Waals surface area contributed by atoms with Crippen LogP contribution in [0.5, 0.6) is 0 Å². The SMILES string of the molecule is CC(C)(C)c1ccc(S(=O)(=O)N2CCC(C(=O)Nc3cccc(Cn4cccn4)c3)CC2)cc1. The fourth-order valence-electron chi connectivity index (χ4n) is 4.21. The first-order valence-electron chi connectivity index (χ1n) is 11.6. The lowest BCUT2D eigenvalue weighted by Crippen LogP contribution is -2.41. The molecule has 1 saturated heterocycles. The van der Waals surface area contributed by atoms with Gasteiger partial charge in [0.1, 0.15) is 0 Å². The van der Waals surface area contributed by atoms with Crippen molar-refractivity contribution in [3.8, 4) is 0 Å². The van der Waals surface area contributed by atoms with Crippen molar-refractivity contribution < 1.29 is 13.2 Å². The zero-order chi connectivity index (χ0) is 24.3. The Morgan fingerprint density at radius 1 is 1.06 bits per heavy atom. The number of carbonyl (C=O) groups is 1. The summed E-state index contributed by atoms with van der Waals surface area (Å²) in [6.45, 7) is 7.59. The molecule has 34 heavy (non-hydrogen) atoms. The fourth-order valence-corrected chi connectivity index (χ4v) is 5.68. The van der Waals surface area contributed by atoms with Crippen LogP contribution in [0.4, 0.5) is 5.69 Å². The standard InChI is InChI=1S/C26H32N4O3S/c1-26(2,3)22-8-10-24(11-9-22)34(32,33)30-16-12-21(13-17-30)25(31)28-23-7-4-6-20(18-23)19-29-15-5-14-27-29/h4-11,14-15,18,21H,12-13,16-17,19H2,1-3H3,(H,28,31). The van der Waals surface area contributed by atoms with Crippen molar-refractivity contribution in [1.82, 2.24) is 14.1 Å². The molecule has 180 valence electrons. The van der Waals surface area contributed by atoms with E-state index in [1.165, 1.54) is 4.31 Å². The van der Waals surface area contributed by atoms with Gasteiger partial charge in [-0.15, -0.1) is 0 Å². The van der Waals surface area contributed by atoms with Crippen molar-refractivity contribution in [3.05, 3.63) is 78.1 Å². The molecule has 1 aliphatic rings. The molecule has 7 nitrogen and oxygen atoms in total. The summed E-state index contributed by atoms with van der Waals surface area (Å²) in [5, 5.41) is 7.22. The molecule has 0 unspecified atom stereocenters. The molecular formula is C26H32N4O3S. The molecule has 2 aromatic carbocycles. The third-order valence-corrected chi connectivity index (χ3v) is 8.19. The largest absolute Gasteiger partial charge is 0.326 e. The van der Waals surface area contributed by atoms with E-state index in [-0.39, 0.29) is 17.2 Å². The van der Waals surface area contributed by atoms with Crippen LogP contribution in [0.1, 0.15) is 44.7 Å². The Bertz CT molecular complexity index is 1220. The summed E-state index contributed by atoms with van der Waals surface area (Å²) in [5.41, 5.74) is 2.84. The van der Waals surface area contributed by atoms with Gasteiger partial charge in [0.05, 0.1) is 11.4 Å². The van der Waals surface area contributed by atoms with Crippen molar-refractivity contribution in [2.24, 2.45) is 5.92 Å². The van der Waals surface area contributed by atoms with Crippen molar-refractivity contribution in [3.63, 3.8) is 0 Å². The number of amides is 1. The molecule has 2 heterocycles. The van der Waals surface area contributed by atoms with Crippen LogP contribution in [0, 0.1) is 5.92 Å². The molecular weight excluding hydrogens is 448 g/mol. The summed E-state index contributed by atoms with van der Waals surface area (Å²) in [6.07, 6.45) is 4.63. The van der Waals surface area contributed by atoms with Crippen LogP contribution in [-0.2, 0) is 26.8 Å². The zero-order valence-corrected chi connectivity index (χ0v) is 20.8. The van der Waals surface area contributed by atoms with Gasteiger partial charge >= 0.3 is 0 Å². The van der Waals surface area contributed by atoms with Crippen LogP contribution in [0.3, 0.4) is 0 Å². The Morgan fingerprint density at radius 2 is 1.76 bits per heavy atom. The van der Waals surface area contributed by atoms with E-state index in [1.54, 1.807) is 18.3 Å². The second-order valence-corrected chi connectivity index (χ2v) is 11.8. The number of nitrogens with zero attached hydrogens (tertiary/aromatic N) is 3. The highest BCUT2D eigenvalue weighted by Crippen LogP contribution is 2.27. The molecule has 3 aromatic rings. The summed E-state index contributed by atoms with van der Waals surface area (Å²) >= 11 is 0. The van der Waals surface area contributed by atoms with Crippen LogP contribution in [0.25, 0.3) is 0 Å². The average molecular weight is 481 g/mol. The van der Waals surface area contributed by atoms with Gasteiger partial charge in [0.2, 0.25) is 15.9 Å². The minimum absolute atomic E-state index is 0.0350. The van der Waals surface area contributed by atoms with Gasteiger partial charge in [-0.2, -0.15) is 9.40 Å². The van der Waals surface area contributed by atoms with E-state index in [2.05, 4.69) is 31.2 Å². The Balaban J connectivity index is 1.35.